The lowest BCUT2D eigenvalue weighted by Crippen LogP contribution is -2.05. The summed E-state index contributed by atoms with van der Waals surface area (Å²) in [4.78, 5) is 12.4. The fraction of sp³-hybridized carbons (Fsp3) is 0.150. The van der Waals surface area contributed by atoms with E-state index in [0.29, 0.717) is 22.3 Å². The molecule has 138 valence electrons. The average molecular weight is 400 g/mol. The predicted molar refractivity (Wildman–Crippen MR) is 109 cm³/mol. The van der Waals surface area contributed by atoms with Gasteiger partial charge in [0.1, 0.15) is 5.75 Å². The van der Waals surface area contributed by atoms with E-state index in [0.717, 1.165) is 17.1 Å². The molecule has 1 aromatic heterocycles. The lowest BCUT2D eigenvalue weighted by atomic mass is 10.1. The summed E-state index contributed by atoms with van der Waals surface area (Å²) < 4.78 is 7.13. The number of carbonyl (C=O) groups excluding carboxylic acids is 1. The summed E-state index contributed by atoms with van der Waals surface area (Å²) in [5, 5.41) is 9.83. The molecule has 3 aromatic rings. The van der Waals surface area contributed by atoms with Crippen molar-refractivity contribution in [3.05, 3.63) is 71.8 Å². The number of aromatic nitrogens is 3. The summed E-state index contributed by atoms with van der Waals surface area (Å²) in [6, 6.07) is 14.5. The molecule has 0 aliphatic heterocycles. The summed E-state index contributed by atoms with van der Waals surface area (Å²) in [5.74, 6) is 1.77. The largest absolute Gasteiger partial charge is 0.497 e. The van der Waals surface area contributed by atoms with Crippen molar-refractivity contribution < 1.29 is 9.53 Å². The summed E-state index contributed by atoms with van der Waals surface area (Å²) in [5.41, 5.74) is 1.54. The number of methoxy groups -OCH3 is 1. The molecule has 3 rings (SSSR count). The first kappa shape index (κ1) is 19.2. The van der Waals surface area contributed by atoms with Gasteiger partial charge in [0.15, 0.2) is 16.8 Å². The number of thioether (sulfide) groups is 1. The van der Waals surface area contributed by atoms with Crippen LogP contribution >= 0.6 is 23.4 Å². The summed E-state index contributed by atoms with van der Waals surface area (Å²) in [6.45, 7) is 4.35. The highest BCUT2D eigenvalue weighted by Gasteiger charge is 2.15. The lowest BCUT2D eigenvalue weighted by Gasteiger charge is -2.08. The Morgan fingerprint density at radius 2 is 1.89 bits per heavy atom. The number of ketones is 1. The minimum atomic E-state index is 0.0100. The maximum atomic E-state index is 12.4. The Morgan fingerprint density at radius 1 is 1.19 bits per heavy atom. The number of hydrogen-bond acceptors (Lipinski definition) is 5. The Balaban J connectivity index is 1.79. The smallest absolute Gasteiger partial charge is 0.192 e. The van der Waals surface area contributed by atoms with Crippen molar-refractivity contribution in [3.8, 4) is 17.1 Å². The number of ether oxygens (including phenoxy) is 1. The molecule has 2 aromatic carbocycles. The molecule has 0 N–H and O–H groups in total. The number of benzene rings is 2. The van der Waals surface area contributed by atoms with E-state index in [4.69, 9.17) is 16.3 Å². The van der Waals surface area contributed by atoms with Crippen LogP contribution in [0.4, 0.5) is 0 Å². The van der Waals surface area contributed by atoms with Gasteiger partial charge in [0.05, 0.1) is 12.9 Å². The second-order valence-electron chi connectivity index (χ2n) is 5.65. The van der Waals surface area contributed by atoms with Gasteiger partial charge >= 0.3 is 0 Å². The first-order valence-corrected chi connectivity index (χ1v) is 9.59. The van der Waals surface area contributed by atoms with Gasteiger partial charge in [-0.1, -0.05) is 29.4 Å². The molecule has 1 heterocycles. The number of nitrogens with zero attached hydrogens (tertiary/aromatic N) is 3. The molecule has 0 bridgehead atoms. The number of halogens is 1. The van der Waals surface area contributed by atoms with Crippen LogP contribution in [0.25, 0.3) is 11.4 Å². The Labute approximate surface area is 167 Å². The maximum absolute atomic E-state index is 12.4. The van der Waals surface area contributed by atoms with Gasteiger partial charge in [-0.25, -0.2) is 0 Å². The average Bonchev–Trinajstić information content (AvgIpc) is 3.09. The van der Waals surface area contributed by atoms with E-state index in [9.17, 15) is 4.79 Å². The molecule has 0 aliphatic carbocycles. The Morgan fingerprint density at radius 3 is 2.52 bits per heavy atom. The van der Waals surface area contributed by atoms with Crippen LogP contribution in [0.1, 0.15) is 10.4 Å². The number of Topliss-reactive ketones (excluding diaryl/α,β-unsaturated/α-hetero) is 1. The molecule has 0 saturated heterocycles. The van der Waals surface area contributed by atoms with Gasteiger partial charge in [0.2, 0.25) is 0 Å². The third-order valence-electron chi connectivity index (χ3n) is 3.88. The molecular weight excluding hydrogens is 382 g/mol. The van der Waals surface area contributed by atoms with Gasteiger partial charge in [-0.05, 0) is 48.5 Å². The highest BCUT2D eigenvalue weighted by molar-refractivity contribution is 7.99. The third kappa shape index (κ3) is 4.59. The third-order valence-corrected chi connectivity index (χ3v) is 5.09. The topological polar surface area (TPSA) is 57.0 Å². The zero-order valence-electron chi connectivity index (χ0n) is 14.8. The summed E-state index contributed by atoms with van der Waals surface area (Å²) in [7, 11) is 1.63. The van der Waals surface area contributed by atoms with Crippen LogP contribution in [0.5, 0.6) is 5.75 Å². The second-order valence-corrected chi connectivity index (χ2v) is 7.03. The van der Waals surface area contributed by atoms with Crippen molar-refractivity contribution in [2.45, 2.75) is 11.7 Å². The highest BCUT2D eigenvalue weighted by Crippen LogP contribution is 2.26. The quantitative estimate of drug-likeness (QED) is 0.310. The fourth-order valence-corrected chi connectivity index (χ4v) is 3.46. The predicted octanol–water partition coefficient (Wildman–Crippen LogP) is 4.77. The minimum absolute atomic E-state index is 0.0100. The van der Waals surface area contributed by atoms with Crippen LogP contribution in [0, 0.1) is 0 Å². The monoisotopic (exact) mass is 399 g/mol. The molecule has 0 aliphatic rings. The van der Waals surface area contributed by atoms with Crippen molar-refractivity contribution in [1.82, 2.24) is 14.8 Å². The van der Waals surface area contributed by atoms with Gasteiger partial charge in [-0.15, -0.1) is 16.8 Å². The van der Waals surface area contributed by atoms with E-state index in [-0.39, 0.29) is 11.5 Å². The molecule has 0 atom stereocenters. The minimum Gasteiger partial charge on any atom is -0.497 e. The van der Waals surface area contributed by atoms with Crippen LogP contribution in [0.2, 0.25) is 5.02 Å². The van der Waals surface area contributed by atoms with Crippen LogP contribution in [-0.4, -0.2) is 33.4 Å². The standard InChI is InChI=1S/C20H18ClN3O2S/c1-3-12-24-19(15-6-10-17(26-2)11-7-15)22-23-20(24)27-13-18(25)14-4-8-16(21)9-5-14/h3-11H,1,12-13H2,2H3. The Kier molecular flexibility index (Phi) is 6.32. The van der Waals surface area contributed by atoms with E-state index >= 15 is 0 Å². The van der Waals surface area contributed by atoms with E-state index < -0.39 is 0 Å². The zero-order valence-corrected chi connectivity index (χ0v) is 16.3. The molecule has 5 nitrogen and oxygen atoms in total. The SMILES string of the molecule is C=CCn1c(SCC(=O)c2ccc(Cl)cc2)nnc1-c1ccc(OC)cc1. The second kappa shape index (κ2) is 8.88. The van der Waals surface area contributed by atoms with Crippen molar-refractivity contribution in [1.29, 1.82) is 0 Å². The van der Waals surface area contributed by atoms with Gasteiger partial charge in [-0.2, -0.15) is 0 Å². The normalized spacial score (nSPS) is 10.6. The van der Waals surface area contributed by atoms with Crippen molar-refractivity contribution >= 4 is 29.1 Å². The molecule has 0 amide bonds. The number of allylic oxidation sites excluding steroid dienone is 1. The van der Waals surface area contributed by atoms with Crippen molar-refractivity contribution in [3.63, 3.8) is 0 Å². The van der Waals surface area contributed by atoms with E-state index in [1.165, 1.54) is 11.8 Å². The Bertz CT molecular complexity index is 937. The molecule has 27 heavy (non-hydrogen) atoms. The van der Waals surface area contributed by atoms with E-state index in [1.807, 2.05) is 28.8 Å². The van der Waals surface area contributed by atoms with Gasteiger partial charge < -0.3 is 4.74 Å². The number of carbonyl (C=O) groups is 1. The molecule has 0 radical (unpaired) electrons. The number of rotatable bonds is 8. The molecule has 0 spiro atoms. The van der Waals surface area contributed by atoms with Crippen LogP contribution in [0.15, 0.2) is 66.3 Å². The number of hydrogen-bond donors (Lipinski definition) is 0. The molecular formula is C20H18ClN3O2S. The molecule has 7 heteroatoms. The summed E-state index contributed by atoms with van der Waals surface area (Å²) in [6.07, 6.45) is 1.78. The van der Waals surface area contributed by atoms with Gasteiger partial charge in [-0.3, -0.25) is 9.36 Å². The molecule has 0 unspecified atom stereocenters. The Hall–Kier alpha value is -2.57. The first-order valence-electron chi connectivity index (χ1n) is 8.22. The summed E-state index contributed by atoms with van der Waals surface area (Å²) >= 11 is 7.22. The lowest BCUT2D eigenvalue weighted by molar-refractivity contribution is 0.102. The van der Waals surface area contributed by atoms with Crippen LogP contribution in [-0.2, 0) is 6.54 Å². The molecule has 0 saturated carbocycles. The van der Waals surface area contributed by atoms with Crippen molar-refractivity contribution in [2.75, 3.05) is 12.9 Å². The fourth-order valence-electron chi connectivity index (χ4n) is 2.49. The van der Waals surface area contributed by atoms with Crippen LogP contribution in [0.3, 0.4) is 0 Å². The maximum Gasteiger partial charge on any atom is 0.192 e. The first-order chi connectivity index (χ1) is 13.1. The highest BCUT2D eigenvalue weighted by atomic mass is 35.5. The van der Waals surface area contributed by atoms with Gasteiger partial charge in [0.25, 0.3) is 0 Å². The van der Waals surface area contributed by atoms with Gasteiger partial charge in [0, 0.05) is 22.7 Å². The molecule has 0 fully saturated rings. The van der Waals surface area contributed by atoms with Crippen molar-refractivity contribution in [2.24, 2.45) is 0 Å². The van der Waals surface area contributed by atoms with E-state index in [2.05, 4.69) is 16.8 Å². The zero-order chi connectivity index (χ0) is 19.2. The van der Waals surface area contributed by atoms with Crippen LogP contribution < -0.4 is 4.74 Å². The van der Waals surface area contributed by atoms with E-state index in [1.54, 1.807) is 37.5 Å².